The number of rotatable bonds is 4. The van der Waals surface area contributed by atoms with Crippen molar-refractivity contribution in [3.8, 4) is 0 Å². The molecule has 0 saturated heterocycles. The molecule has 0 aliphatic carbocycles. The highest BCUT2D eigenvalue weighted by atomic mass is 32.1. The van der Waals surface area contributed by atoms with Crippen LogP contribution < -0.4 is 10.6 Å². The number of nitrogens with zero attached hydrogens (tertiary/aromatic N) is 1. The molecule has 0 fully saturated rings. The van der Waals surface area contributed by atoms with Crippen LogP contribution >= 0.6 is 11.3 Å². The fourth-order valence-electron chi connectivity index (χ4n) is 2.57. The Morgan fingerprint density at radius 3 is 2.95 bits per heavy atom. The molecule has 1 aliphatic rings. The van der Waals surface area contributed by atoms with Crippen LogP contribution in [0.3, 0.4) is 0 Å². The zero-order chi connectivity index (χ0) is 15.4. The SMILES string of the molecule is CC(C)NC(=O)CCNC(=O)N1CCc2sccc2C1C. The van der Waals surface area contributed by atoms with E-state index in [1.165, 1.54) is 10.4 Å². The lowest BCUT2D eigenvalue weighted by atomic mass is 10.0. The summed E-state index contributed by atoms with van der Waals surface area (Å²) in [5.41, 5.74) is 1.25. The number of carbonyl (C=O) groups is 2. The van der Waals surface area contributed by atoms with Crippen LogP contribution in [0, 0.1) is 0 Å². The van der Waals surface area contributed by atoms with Gasteiger partial charge in [0.1, 0.15) is 0 Å². The standard InChI is InChI=1S/C15H23N3O2S/c1-10(2)17-14(19)4-7-16-15(20)18-8-5-13-12(11(18)3)6-9-21-13/h6,9-11H,4-5,7-8H2,1-3H3,(H,16,20)(H,17,19). The second-order valence-electron chi connectivity index (χ2n) is 5.62. The topological polar surface area (TPSA) is 61.4 Å². The van der Waals surface area contributed by atoms with Crippen LogP contribution in [-0.4, -0.2) is 36.0 Å². The monoisotopic (exact) mass is 309 g/mol. The predicted molar refractivity (Wildman–Crippen MR) is 84.4 cm³/mol. The fourth-order valence-corrected chi connectivity index (χ4v) is 3.53. The van der Waals surface area contributed by atoms with Gasteiger partial charge in [-0.1, -0.05) is 0 Å². The molecular weight excluding hydrogens is 286 g/mol. The van der Waals surface area contributed by atoms with E-state index in [0.717, 1.165) is 13.0 Å². The van der Waals surface area contributed by atoms with Crippen LogP contribution in [-0.2, 0) is 11.2 Å². The van der Waals surface area contributed by atoms with Crippen molar-refractivity contribution < 1.29 is 9.59 Å². The van der Waals surface area contributed by atoms with Crippen molar-refractivity contribution in [2.45, 2.75) is 45.7 Å². The number of fused-ring (bicyclic) bond motifs is 1. The first-order valence-corrected chi connectivity index (χ1v) is 8.27. The minimum atomic E-state index is -0.0864. The Hall–Kier alpha value is -1.56. The van der Waals surface area contributed by atoms with Crippen molar-refractivity contribution in [3.63, 3.8) is 0 Å². The molecule has 21 heavy (non-hydrogen) atoms. The number of urea groups is 1. The summed E-state index contributed by atoms with van der Waals surface area (Å²) in [6.45, 7) is 7.00. The zero-order valence-corrected chi connectivity index (χ0v) is 13.6. The van der Waals surface area contributed by atoms with Gasteiger partial charge < -0.3 is 15.5 Å². The first-order valence-electron chi connectivity index (χ1n) is 7.39. The lowest BCUT2D eigenvalue weighted by molar-refractivity contribution is -0.121. The fraction of sp³-hybridized carbons (Fsp3) is 0.600. The van der Waals surface area contributed by atoms with Crippen molar-refractivity contribution in [1.29, 1.82) is 0 Å². The van der Waals surface area contributed by atoms with Crippen molar-refractivity contribution >= 4 is 23.3 Å². The number of amides is 3. The van der Waals surface area contributed by atoms with E-state index in [2.05, 4.69) is 29.0 Å². The van der Waals surface area contributed by atoms with Gasteiger partial charge in [0.15, 0.2) is 0 Å². The van der Waals surface area contributed by atoms with Gasteiger partial charge in [-0.3, -0.25) is 4.79 Å². The Morgan fingerprint density at radius 2 is 2.24 bits per heavy atom. The first kappa shape index (κ1) is 15.8. The molecule has 5 nitrogen and oxygen atoms in total. The van der Waals surface area contributed by atoms with Crippen molar-refractivity contribution in [2.24, 2.45) is 0 Å². The van der Waals surface area contributed by atoms with E-state index < -0.39 is 0 Å². The largest absolute Gasteiger partial charge is 0.354 e. The number of carbonyl (C=O) groups excluding carboxylic acids is 2. The predicted octanol–water partition coefficient (Wildman–Crippen LogP) is 2.29. The summed E-state index contributed by atoms with van der Waals surface area (Å²) in [6.07, 6.45) is 1.23. The maximum absolute atomic E-state index is 12.2. The Kier molecular flexibility index (Phi) is 5.22. The third-order valence-corrected chi connectivity index (χ3v) is 4.61. The van der Waals surface area contributed by atoms with E-state index in [1.54, 1.807) is 11.3 Å². The van der Waals surface area contributed by atoms with Crippen LogP contribution in [0.4, 0.5) is 4.79 Å². The van der Waals surface area contributed by atoms with Crippen molar-refractivity contribution in [1.82, 2.24) is 15.5 Å². The summed E-state index contributed by atoms with van der Waals surface area (Å²) < 4.78 is 0. The van der Waals surface area contributed by atoms with Crippen molar-refractivity contribution in [3.05, 3.63) is 21.9 Å². The highest BCUT2D eigenvalue weighted by molar-refractivity contribution is 7.10. The van der Waals surface area contributed by atoms with Gasteiger partial charge in [-0.05, 0) is 44.2 Å². The average molecular weight is 309 g/mol. The second-order valence-corrected chi connectivity index (χ2v) is 6.62. The molecule has 1 aliphatic heterocycles. The van der Waals surface area contributed by atoms with Gasteiger partial charge in [-0.25, -0.2) is 4.79 Å². The minimum Gasteiger partial charge on any atom is -0.354 e. The highest BCUT2D eigenvalue weighted by Crippen LogP contribution is 2.32. The van der Waals surface area contributed by atoms with Crippen LogP contribution in [0.15, 0.2) is 11.4 Å². The molecular formula is C15H23N3O2S. The molecule has 0 bridgehead atoms. The third-order valence-electron chi connectivity index (χ3n) is 3.62. The molecule has 1 atom stereocenters. The maximum Gasteiger partial charge on any atom is 0.317 e. The van der Waals surface area contributed by atoms with E-state index in [9.17, 15) is 9.59 Å². The summed E-state index contributed by atoms with van der Waals surface area (Å²) in [6, 6.07) is 2.24. The molecule has 0 radical (unpaired) electrons. The highest BCUT2D eigenvalue weighted by Gasteiger charge is 2.28. The number of hydrogen-bond acceptors (Lipinski definition) is 3. The normalized spacial score (nSPS) is 17.5. The van der Waals surface area contributed by atoms with Crippen LogP contribution in [0.5, 0.6) is 0 Å². The number of nitrogens with one attached hydrogen (secondary N) is 2. The summed E-state index contributed by atoms with van der Waals surface area (Å²) in [5, 5.41) is 7.73. The van der Waals surface area contributed by atoms with Gasteiger partial charge in [0.05, 0.1) is 6.04 Å². The Labute approximate surface area is 129 Å². The summed E-state index contributed by atoms with van der Waals surface area (Å²) in [5.74, 6) is -0.0305. The van der Waals surface area contributed by atoms with E-state index in [-0.39, 0.29) is 24.0 Å². The van der Waals surface area contributed by atoms with E-state index in [0.29, 0.717) is 13.0 Å². The van der Waals surface area contributed by atoms with Gasteiger partial charge in [0.2, 0.25) is 5.91 Å². The molecule has 3 amide bonds. The van der Waals surface area contributed by atoms with E-state index in [4.69, 9.17) is 0 Å². The first-order chi connectivity index (χ1) is 9.99. The quantitative estimate of drug-likeness (QED) is 0.896. The second kappa shape index (κ2) is 6.93. The van der Waals surface area contributed by atoms with Crippen LogP contribution in [0.2, 0.25) is 0 Å². The average Bonchev–Trinajstić information content (AvgIpc) is 2.87. The van der Waals surface area contributed by atoms with E-state index in [1.807, 2.05) is 18.7 Å². The maximum atomic E-state index is 12.2. The van der Waals surface area contributed by atoms with E-state index >= 15 is 0 Å². The van der Waals surface area contributed by atoms with Gasteiger partial charge in [-0.15, -0.1) is 11.3 Å². The lowest BCUT2D eigenvalue weighted by Gasteiger charge is -2.33. The van der Waals surface area contributed by atoms with Gasteiger partial charge in [0.25, 0.3) is 0 Å². The molecule has 0 spiro atoms. The van der Waals surface area contributed by atoms with Gasteiger partial charge in [0, 0.05) is 30.4 Å². The Balaban J connectivity index is 1.81. The third kappa shape index (κ3) is 3.97. The number of hydrogen-bond donors (Lipinski definition) is 2. The molecule has 1 unspecified atom stereocenters. The molecule has 2 heterocycles. The van der Waals surface area contributed by atoms with Gasteiger partial charge >= 0.3 is 6.03 Å². The summed E-state index contributed by atoms with van der Waals surface area (Å²) >= 11 is 1.76. The molecule has 2 N–H and O–H groups in total. The van der Waals surface area contributed by atoms with Crippen LogP contribution in [0.25, 0.3) is 0 Å². The molecule has 1 aromatic heterocycles. The smallest absolute Gasteiger partial charge is 0.317 e. The molecule has 6 heteroatoms. The zero-order valence-electron chi connectivity index (χ0n) is 12.8. The summed E-state index contributed by atoms with van der Waals surface area (Å²) in [7, 11) is 0. The lowest BCUT2D eigenvalue weighted by Crippen LogP contribution is -2.45. The molecule has 0 aromatic carbocycles. The molecule has 2 rings (SSSR count). The van der Waals surface area contributed by atoms with Crippen LogP contribution in [0.1, 0.15) is 43.7 Å². The number of thiophene rings is 1. The van der Waals surface area contributed by atoms with Crippen molar-refractivity contribution in [2.75, 3.05) is 13.1 Å². The molecule has 1 aromatic rings. The molecule has 0 saturated carbocycles. The molecule has 116 valence electrons. The summed E-state index contributed by atoms with van der Waals surface area (Å²) in [4.78, 5) is 27.0. The van der Waals surface area contributed by atoms with Gasteiger partial charge in [-0.2, -0.15) is 0 Å². The minimum absolute atomic E-state index is 0.0305. The Morgan fingerprint density at radius 1 is 1.48 bits per heavy atom. The Bertz CT molecular complexity index is 513.